The summed E-state index contributed by atoms with van der Waals surface area (Å²) in [5.74, 6) is 2.18. The minimum absolute atomic E-state index is 0.0639. The van der Waals surface area contributed by atoms with E-state index in [0.717, 1.165) is 31.7 Å². The number of pyridine rings is 1. The molecule has 0 aliphatic carbocycles. The van der Waals surface area contributed by atoms with Crippen LogP contribution in [0.3, 0.4) is 0 Å². The highest BCUT2D eigenvalue weighted by molar-refractivity contribution is 5.77. The molecule has 3 rings (SSSR count). The Balaban J connectivity index is 1.49. The van der Waals surface area contributed by atoms with Crippen molar-refractivity contribution in [3.63, 3.8) is 0 Å². The summed E-state index contributed by atoms with van der Waals surface area (Å²) >= 11 is 0. The monoisotopic (exact) mass is 326 g/mol. The summed E-state index contributed by atoms with van der Waals surface area (Å²) in [6, 6.07) is 10.9. The van der Waals surface area contributed by atoms with Gasteiger partial charge >= 0.3 is 0 Å². The van der Waals surface area contributed by atoms with Crippen molar-refractivity contribution in [1.29, 1.82) is 0 Å². The van der Waals surface area contributed by atoms with Gasteiger partial charge in [-0.05, 0) is 49.2 Å². The van der Waals surface area contributed by atoms with Crippen LogP contribution in [0.5, 0.6) is 17.2 Å². The molecule has 2 aromatic rings. The quantitative estimate of drug-likeness (QED) is 0.841. The summed E-state index contributed by atoms with van der Waals surface area (Å²) in [5.41, 5.74) is 0. The van der Waals surface area contributed by atoms with Gasteiger partial charge in [0.1, 0.15) is 17.2 Å². The largest absolute Gasteiger partial charge is 0.484 e. The van der Waals surface area contributed by atoms with Crippen LogP contribution >= 0.6 is 0 Å². The van der Waals surface area contributed by atoms with Gasteiger partial charge in [0.15, 0.2) is 6.61 Å². The molecule has 0 spiro atoms. The Labute approximate surface area is 142 Å². The Bertz CT molecular complexity index is 635. The zero-order valence-electron chi connectivity index (χ0n) is 13.7. The first-order chi connectivity index (χ1) is 11.8. The number of hydrogen-bond acceptors (Lipinski definition) is 4. The molecule has 1 aromatic heterocycles. The lowest BCUT2D eigenvalue weighted by atomic mass is 10.2. The zero-order valence-corrected chi connectivity index (χ0v) is 13.7. The molecule has 0 N–H and O–H groups in total. The average molecular weight is 326 g/mol. The summed E-state index contributed by atoms with van der Waals surface area (Å²) in [6.07, 6.45) is 7.97. The topological polar surface area (TPSA) is 51.7 Å². The van der Waals surface area contributed by atoms with Gasteiger partial charge in [0, 0.05) is 25.5 Å². The molecule has 1 aliphatic rings. The van der Waals surface area contributed by atoms with Crippen LogP contribution in [-0.4, -0.2) is 35.5 Å². The molecule has 1 saturated heterocycles. The Hall–Kier alpha value is -2.56. The Morgan fingerprint density at radius 1 is 0.875 bits per heavy atom. The van der Waals surface area contributed by atoms with E-state index in [9.17, 15) is 4.79 Å². The van der Waals surface area contributed by atoms with Gasteiger partial charge in [-0.25, -0.2) is 0 Å². The molecule has 5 nitrogen and oxygen atoms in total. The molecule has 0 unspecified atom stereocenters. The second-order valence-electron chi connectivity index (χ2n) is 5.84. The number of carbonyl (C=O) groups is 1. The van der Waals surface area contributed by atoms with Gasteiger partial charge in [0.25, 0.3) is 5.91 Å². The molecule has 2 heterocycles. The normalized spacial score (nSPS) is 14.8. The molecule has 1 aliphatic heterocycles. The summed E-state index contributed by atoms with van der Waals surface area (Å²) in [7, 11) is 0. The predicted molar refractivity (Wildman–Crippen MR) is 91.3 cm³/mol. The van der Waals surface area contributed by atoms with Crippen LogP contribution in [0, 0.1) is 0 Å². The van der Waals surface area contributed by atoms with Crippen molar-refractivity contribution >= 4 is 5.91 Å². The fraction of sp³-hybridized carbons (Fsp3) is 0.368. The van der Waals surface area contributed by atoms with E-state index in [2.05, 4.69) is 4.98 Å². The van der Waals surface area contributed by atoms with Gasteiger partial charge in [0.2, 0.25) is 0 Å². The van der Waals surface area contributed by atoms with Crippen LogP contribution in [0.25, 0.3) is 0 Å². The van der Waals surface area contributed by atoms with E-state index in [0.29, 0.717) is 11.5 Å². The molecule has 0 atom stereocenters. The molecular formula is C19H22N2O3. The lowest BCUT2D eigenvalue weighted by molar-refractivity contribution is -0.133. The van der Waals surface area contributed by atoms with Crippen LogP contribution in [-0.2, 0) is 4.79 Å². The fourth-order valence-corrected chi connectivity index (χ4v) is 2.70. The molecule has 5 heteroatoms. The SMILES string of the molecule is O=C(COc1ccc(Oc2ccncc2)cc1)N1CCCCCC1. The Kier molecular flexibility index (Phi) is 5.66. The van der Waals surface area contributed by atoms with Crippen LogP contribution in [0.2, 0.25) is 0 Å². The highest BCUT2D eigenvalue weighted by Gasteiger charge is 2.15. The number of likely N-dealkylation sites (tertiary alicyclic amines) is 1. The van der Waals surface area contributed by atoms with Gasteiger partial charge in [-0.1, -0.05) is 12.8 Å². The molecule has 1 fully saturated rings. The van der Waals surface area contributed by atoms with Gasteiger partial charge in [-0.15, -0.1) is 0 Å². The fourth-order valence-electron chi connectivity index (χ4n) is 2.70. The predicted octanol–water partition coefficient (Wildman–Crippen LogP) is 3.66. The first kappa shape index (κ1) is 16.3. The van der Waals surface area contributed by atoms with Gasteiger partial charge in [-0.2, -0.15) is 0 Å². The number of amides is 1. The Morgan fingerprint density at radius 3 is 2.12 bits per heavy atom. The van der Waals surface area contributed by atoms with E-state index in [1.54, 1.807) is 24.5 Å². The molecule has 1 aromatic carbocycles. The van der Waals surface area contributed by atoms with Crippen molar-refractivity contribution in [2.45, 2.75) is 25.7 Å². The molecule has 0 bridgehead atoms. The molecule has 0 saturated carbocycles. The number of benzene rings is 1. The molecular weight excluding hydrogens is 304 g/mol. The van der Waals surface area contributed by atoms with Crippen LogP contribution in [0.1, 0.15) is 25.7 Å². The van der Waals surface area contributed by atoms with E-state index in [4.69, 9.17) is 9.47 Å². The van der Waals surface area contributed by atoms with E-state index >= 15 is 0 Å². The minimum atomic E-state index is 0.0639. The second-order valence-corrected chi connectivity index (χ2v) is 5.84. The van der Waals surface area contributed by atoms with Crippen molar-refractivity contribution in [1.82, 2.24) is 9.88 Å². The number of carbonyl (C=O) groups excluding carboxylic acids is 1. The maximum atomic E-state index is 12.2. The lowest BCUT2D eigenvalue weighted by Crippen LogP contribution is -2.35. The maximum absolute atomic E-state index is 12.2. The van der Waals surface area contributed by atoms with Crippen molar-refractivity contribution in [2.75, 3.05) is 19.7 Å². The summed E-state index contributed by atoms with van der Waals surface area (Å²) in [4.78, 5) is 18.1. The van der Waals surface area contributed by atoms with Crippen LogP contribution in [0.15, 0.2) is 48.8 Å². The summed E-state index contributed by atoms with van der Waals surface area (Å²) in [6.45, 7) is 1.78. The Morgan fingerprint density at radius 2 is 1.46 bits per heavy atom. The smallest absolute Gasteiger partial charge is 0.260 e. The third kappa shape index (κ3) is 4.72. The second kappa shape index (κ2) is 8.34. The average Bonchev–Trinajstić information content (AvgIpc) is 2.91. The molecule has 24 heavy (non-hydrogen) atoms. The van der Waals surface area contributed by atoms with Crippen molar-refractivity contribution in [3.8, 4) is 17.2 Å². The minimum Gasteiger partial charge on any atom is -0.484 e. The van der Waals surface area contributed by atoms with Crippen molar-refractivity contribution in [2.24, 2.45) is 0 Å². The van der Waals surface area contributed by atoms with Crippen molar-refractivity contribution in [3.05, 3.63) is 48.8 Å². The van der Waals surface area contributed by atoms with E-state index < -0.39 is 0 Å². The maximum Gasteiger partial charge on any atom is 0.260 e. The van der Waals surface area contributed by atoms with Crippen LogP contribution < -0.4 is 9.47 Å². The van der Waals surface area contributed by atoms with Gasteiger partial charge < -0.3 is 14.4 Å². The van der Waals surface area contributed by atoms with E-state index in [1.165, 1.54) is 12.8 Å². The zero-order chi connectivity index (χ0) is 16.6. The highest BCUT2D eigenvalue weighted by Crippen LogP contribution is 2.23. The third-order valence-electron chi connectivity index (χ3n) is 4.03. The molecule has 126 valence electrons. The summed E-state index contributed by atoms with van der Waals surface area (Å²) in [5, 5.41) is 0. The highest BCUT2D eigenvalue weighted by atomic mass is 16.5. The number of aromatic nitrogens is 1. The number of nitrogens with zero attached hydrogens (tertiary/aromatic N) is 2. The van der Waals surface area contributed by atoms with E-state index in [-0.39, 0.29) is 12.5 Å². The van der Waals surface area contributed by atoms with Gasteiger partial charge in [-0.3, -0.25) is 9.78 Å². The third-order valence-corrected chi connectivity index (χ3v) is 4.03. The molecule has 0 radical (unpaired) electrons. The first-order valence-corrected chi connectivity index (χ1v) is 8.40. The number of hydrogen-bond donors (Lipinski definition) is 0. The lowest BCUT2D eigenvalue weighted by Gasteiger charge is -2.20. The standard InChI is InChI=1S/C19H22N2O3/c22-19(21-13-3-1-2-4-14-21)15-23-16-5-7-17(8-6-16)24-18-9-11-20-12-10-18/h5-12H,1-4,13-15H2. The van der Waals surface area contributed by atoms with Crippen molar-refractivity contribution < 1.29 is 14.3 Å². The van der Waals surface area contributed by atoms with Gasteiger partial charge in [0.05, 0.1) is 0 Å². The van der Waals surface area contributed by atoms with E-state index in [1.807, 2.05) is 29.2 Å². The van der Waals surface area contributed by atoms with Crippen LogP contribution in [0.4, 0.5) is 0 Å². The summed E-state index contributed by atoms with van der Waals surface area (Å²) < 4.78 is 11.3. The number of rotatable bonds is 5. The molecule has 1 amide bonds. The first-order valence-electron chi connectivity index (χ1n) is 8.40. The number of ether oxygens (including phenoxy) is 2.